The summed E-state index contributed by atoms with van der Waals surface area (Å²) >= 11 is 1.73. The molecule has 2 heterocycles. The van der Waals surface area contributed by atoms with Gasteiger partial charge in [0.05, 0.1) is 10.3 Å². The molecule has 0 aromatic carbocycles. The second-order valence-corrected chi connectivity index (χ2v) is 6.40. The molecule has 0 bridgehead atoms. The first-order valence-electron chi connectivity index (χ1n) is 3.98. The first kappa shape index (κ1) is 8.48. The average molecular weight is 200 g/mol. The van der Waals surface area contributed by atoms with E-state index in [-0.39, 0.29) is 16.6 Å². The number of hydrogen-bond donors (Lipinski definition) is 1. The number of hydrogen-bond acceptors (Lipinski definition) is 2. The average Bonchev–Trinajstić information content (AvgIpc) is 2.48. The molecule has 2 rings (SSSR count). The maximum atomic E-state index is 9.72. The second-order valence-electron chi connectivity index (χ2n) is 3.15. The monoisotopic (exact) mass is 200 g/mol. The van der Waals surface area contributed by atoms with Crippen LogP contribution in [0.2, 0.25) is 0 Å². The van der Waals surface area contributed by atoms with Gasteiger partial charge in [0.1, 0.15) is 0 Å². The van der Waals surface area contributed by atoms with E-state index < -0.39 is 0 Å². The van der Waals surface area contributed by atoms with Gasteiger partial charge in [-0.1, -0.05) is 12.8 Å². The van der Waals surface area contributed by atoms with Crippen LogP contribution in [0.25, 0.3) is 0 Å². The zero-order valence-corrected chi connectivity index (χ0v) is 8.62. The molecule has 0 saturated heterocycles. The minimum atomic E-state index is -0.244. The van der Waals surface area contributed by atoms with Crippen molar-refractivity contribution in [3.05, 3.63) is 17.0 Å². The molecule has 1 aliphatic heterocycles. The molecule has 12 heavy (non-hydrogen) atoms. The van der Waals surface area contributed by atoms with Crippen LogP contribution in [0.5, 0.6) is 0 Å². The summed E-state index contributed by atoms with van der Waals surface area (Å²) in [6, 6.07) is 2.03. The summed E-state index contributed by atoms with van der Waals surface area (Å²) in [5.74, 6) is 4.15. The van der Waals surface area contributed by atoms with Crippen molar-refractivity contribution in [2.45, 2.75) is 28.9 Å². The number of thiophene rings is 1. The molecule has 3 atom stereocenters. The van der Waals surface area contributed by atoms with Gasteiger partial charge in [0, 0.05) is 10.8 Å². The van der Waals surface area contributed by atoms with Gasteiger partial charge in [-0.25, -0.2) is 0 Å². The fraction of sp³-hybridized carbons (Fsp3) is 0.444. The van der Waals surface area contributed by atoms with E-state index in [1.54, 1.807) is 11.3 Å². The maximum absolute atomic E-state index is 9.72. The van der Waals surface area contributed by atoms with E-state index in [2.05, 4.69) is 18.2 Å². The first-order valence-corrected chi connectivity index (χ1v) is 6.32. The molecule has 0 radical (unpaired) electrons. The molecule has 66 valence electrons. The first-order chi connectivity index (χ1) is 5.70. The van der Waals surface area contributed by atoms with Gasteiger partial charge in [0.15, 0.2) is 0 Å². The fourth-order valence-electron chi connectivity index (χ4n) is 1.51. The van der Waals surface area contributed by atoms with Crippen LogP contribution in [0.3, 0.4) is 0 Å². The Morgan fingerprint density at radius 1 is 1.75 bits per heavy atom. The van der Waals surface area contributed by atoms with E-state index in [0.717, 1.165) is 12.0 Å². The number of aliphatic hydroxyl groups is 1. The fourth-order valence-corrected chi connectivity index (χ4v) is 4.62. The van der Waals surface area contributed by atoms with Crippen LogP contribution in [-0.4, -0.2) is 16.2 Å². The van der Waals surface area contributed by atoms with Gasteiger partial charge in [-0.2, -0.15) is 0 Å². The molecule has 2 unspecified atom stereocenters. The Labute approximate surface area is 79.0 Å². The highest BCUT2D eigenvalue weighted by atomic mass is 32.2. The molecular formula is C9H12OS2. The highest BCUT2D eigenvalue weighted by molar-refractivity contribution is 8.16. The van der Waals surface area contributed by atoms with E-state index in [1.807, 2.05) is 6.07 Å². The lowest BCUT2D eigenvalue weighted by Crippen LogP contribution is -2.12. The van der Waals surface area contributed by atoms with Crippen LogP contribution >= 0.6 is 21.8 Å². The minimum Gasteiger partial charge on any atom is -0.388 e. The van der Waals surface area contributed by atoms with Gasteiger partial charge in [-0.15, -0.1) is 21.8 Å². The highest BCUT2D eigenvalue weighted by Crippen LogP contribution is 2.47. The van der Waals surface area contributed by atoms with Gasteiger partial charge in [-0.05, 0) is 17.9 Å². The SMILES string of the molecule is C=S1c2sccc2[C@H](O)CC1C. The van der Waals surface area contributed by atoms with Crippen LogP contribution in [0.4, 0.5) is 0 Å². The zero-order valence-electron chi connectivity index (χ0n) is 6.99. The molecular weight excluding hydrogens is 188 g/mol. The van der Waals surface area contributed by atoms with Crippen molar-refractivity contribution in [3.63, 3.8) is 0 Å². The van der Waals surface area contributed by atoms with E-state index in [1.165, 1.54) is 4.21 Å². The Hall–Kier alpha value is -0.120. The predicted octanol–water partition coefficient (Wildman–Crippen LogP) is 2.63. The van der Waals surface area contributed by atoms with E-state index in [4.69, 9.17) is 0 Å². The van der Waals surface area contributed by atoms with Crippen molar-refractivity contribution in [2.24, 2.45) is 0 Å². The maximum Gasteiger partial charge on any atom is 0.0819 e. The molecule has 0 amide bonds. The topological polar surface area (TPSA) is 20.2 Å². The number of rotatable bonds is 0. The summed E-state index contributed by atoms with van der Waals surface area (Å²) < 4.78 is 1.31. The Balaban J connectivity index is 2.50. The number of fused-ring (bicyclic) bond motifs is 1. The quantitative estimate of drug-likeness (QED) is 0.638. The van der Waals surface area contributed by atoms with Crippen LogP contribution in [0, 0.1) is 0 Å². The Bertz CT molecular complexity index is 316. The van der Waals surface area contributed by atoms with E-state index in [0.29, 0.717) is 5.25 Å². The second kappa shape index (κ2) is 2.98. The van der Waals surface area contributed by atoms with Gasteiger partial charge < -0.3 is 5.11 Å². The zero-order chi connectivity index (χ0) is 8.72. The molecule has 1 aromatic heterocycles. The largest absolute Gasteiger partial charge is 0.388 e. The Morgan fingerprint density at radius 3 is 3.25 bits per heavy atom. The van der Waals surface area contributed by atoms with Crippen molar-refractivity contribution < 1.29 is 5.11 Å². The molecule has 0 aliphatic carbocycles. The van der Waals surface area contributed by atoms with Crippen LogP contribution in [0.15, 0.2) is 15.7 Å². The summed E-state index contributed by atoms with van der Waals surface area (Å²) in [6.45, 7) is 2.17. The van der Waals surface area contributed by atoms with Crippen LogP contribution < -0.4 is 0 Å². The third-order valence-corrected chi connectivity index (χ3v) is 5.83. The third-order valence-electron chi connectivity index (χ3n) is 2.30. The van der Waals surface area contributed by atoms with Crippen molar-refractivity contribution in [3.8, 4) is 0 Å². The summed E-state index contributed by atoms with van der Waals surface area (Å²) in [5.41, 5.74) is 1.12. The van der Waals surface area contributed by atoms with Gasteiger partial charge in [0.2, 0.25) is 0 Å². The summed E-state index contributed by atoms with van der Waals surface area (Å²) in [5, 5.41) is 12.3. The molecule has 0 spiro atoms. The van der Waals surface area contributed by atoms with Crippen molar-refractivity contribution in [1.82, 2.24) is 0 Å². The van der Waals surface area contributed by atoms with Gasteiger partial charge in [0.25, 0.3) is 0 Å². The van der Waals surface area contributed by atoms with Crippen LogP contribution in [0.1, 0.15) is 25.0 Å². The van der Waals surface area contributed by atoms with Gasteiger partial charge >= 0.3 is 0 Å². The molecule has 1 aliphatic rings. The number of aliphatic hydroxyl groups excluding tert-OH is 1. The molecule has 0 fully saturated rings. The van der Waals surface area contributed by atoms with Crippen molar-refractivity contribution in [2.75, 3.05) is 0 Å². The lowest BCUT2D eigenvalue weighted by Gasteiger charge is -2.26. The summed E-state index contributed by atoms with van der Waals surface area (Å²) in [4.78, 5) is 0. The molecule has 1 N–H and O–H groups in total. The molecule has 0 saturated carbocycles. The molecule has 3 heteroatoms. The predicted molar refractivity (Wildman–Crippen MR) is 56.3 cm³/mol. The summed E-state index contributed by atoms with van der Waals surface area (Å²) in [7, 11) is 0.109. The van der Waals surface area contributed by atoms with Gasteiger partial charge in [-0.3, -0.25) is 0 Å². The third kappa shape index (κ3) is 1.16. The molecule has 1 nitrogen and oxygen atoms in total. The lowest BCUT2D eigenvalue weighted by atomic mass is 10.1. The molecule has 1 aromatic rings. The Morgan fingerprint density at radius 2 is 2.50 bits per heavy atom. The normalized spacial score (nSPS) is 34.7. The lowest BCUT2D eigenvalue weighted by molar-refractivity contribution is 0.164. The minimum absolute atomic E-state index is 0.109. The van der Waals surface area contributed by atoms with Crippen LogP contribution in [-0.2, 0) is 0 Å². The summed E-state index contributed by atoms with van der Waals surface area (Å²) in [6.07, 6.45) is 0.628. The van der Waals surface area contributed by atoms with Crippen molar-refractivity contribution in [1.29, 1.82) is 0 Å². The van der Waals surface area contributed by atoms with E-state index in [9.17, 15) is 5.11 Å². The Kier molecular flexibility index (Phi) is 2.10. The highest BCUT2D eigenvalue weighted by Gasteiger charge is 2.25. The standard InChI is InChI=1S/C9H12OS2/c1-6-5-8(10)7-3-4-11-9(7)12(6)2/h3-4,6,8,10H,2,5H2,1H3/t6?,8-,12?/m1/s1. The van der Waals surface area contributed by atoms with E-state index >= 15 is 0 Å². The van der Waals surface area contributed by atoms with Crippen molar-refractivity contribution >= 4 is 27.7 Å². The smallest absolute Gasteiger partial charge is 0.0819 e.